The van der Waals surface area contributed by atoms with Gasteiger partial charge < -0.3 is 0 Å². The third-order valence-electron chi connectivity index (χ3n) is 7.22. The molecule has 0 unspecified atom stereocenters. The van der Waals surface area contributed by atoms with Gasteiger partial charge in [-0.1, -0.05) is 61.9 Å². The van der Waals surface area contributed by atoms with E-state index in [-0.39, 0.29) is 17.1 Å². The summed E-state index contributed by atoms with van der Waals surface area (Å²) in [4.78, 5) is 26.1. The van der Waals surface area contributed by atoms with Crippen molar-refractivity contribution in [1.29, 1.82) is 0 Å². The van der Waals surface area contributed by atoms with Crippen molar-refractivity contribution in [3.63, 3.8) is 0 Å². The Morgan fingerprint density at radius 2 is 1.60 bits per heavy atom. The summed E-state index contributed by atoms with van der Waals surface area (Å²) >= 11 is 1.16. The first-order valence-electron chi connectivity index (χ1n) is 14.0. The van der Waals surface area contributed by atoms with Crippen molar-refractivity contribution >= 4 is 27.3 Å². The van der Waals surface area contributed by atoms with Crippen LogP contribution in [-0.2, 0) is 29.2 Å². The Balaban J connectivity index is 1.37. The second-order valence-electron chi connectivity index (χ2n) is 10.4. The summed E-state index contributed by atoms with van der Waals surface area (Å²) in [6.07, 6.45) is -2.71. The Morgan fingerprint density at radius 1 is 0.956 bits per heavy atom. The van der Waals surface area contributed by atoms with Crippen molar-refractivity contribution in [2.75, 3.05) is 0 Å². The highest BCUT2D eigenvalue weighted by Crippen LogP contribution is 2.33. The van der Waals surface area contributed by atoms with Crippen LogP contribution in [0.15, 0.2) is 93.9 Å². The zero-order valence-electron chi connectivity index (χ0n) is 24.3. The number of amides is 1. The Morgan fingerprint density at radius 3 is 2.20 bits per heavy atom. The van der Waals surface area contributed by atoms with Gasteiger partial charge in [0.15, 0.2) is 0 Å². The molecule has 0 atom stereocenters. The van der Waals surface area contributed by atoms with Gasteiger partial charge in [0.25, 0.3) is 15.9 Å². The van der Waals surface area contributed by atoms with Crippen LogP contribution < -0.4 is 10.4 Å². The number of benzene rings is 3. The fraction of sp³-hybridized carbons (Fsp3) is 0.219. The molecule has 0 radical (unpaired) electrons. The fourth-order valence-electron chi connectivity index (χ4n) is 4.82. The Bertz CT molecular complexity index is 1990. The highest BCUT2D eigenvalue weighted by atomic mass is 32.2. The summed E-state index contributed by atoms with van der Waals surface area (Å²) in [5.41, 5.74) is 0.977. The third-order valence-corrected chi connectivity index (χ3v) is 9.58. The maximum Gasteiger partial charge on any atom is 0.418 e. The summed E-state index contributed by atoms with van der Waals surface area (Å²) in [5.74, 6) is -0.296. The quantitative estimate of drug-likeness (QED) is 0.183. The number of aromatic nitrogens is 3. The minimum absolute atomic E-state index is 0.0616. The minimum Gasteiger partial charge on any atom is -0.274 e. The molecule has 0 bridgehead atoms. The van der Waals surface area contributed by atoms with Crippen LogP contribution in [0.2, 0.25) is 0 Å². The molecule has 0 aliphatic rings. The number of para-hydroxylation sites is 1. The summed E-state index contributed by atoms with van der Waals surface area (Å²) in [7, 11) is -4.08. The van der Waals surface area contributed by atoms with E-state index in [2.05, 4.69) is 9.82 Å². The molecule has 3 aromatic carbocycles. The van der Waals surface area contributed by atoms with Crippen molar-refractivity contribution in [3.8, 4) is 16.8 Å². The van der Waals surface area contributed by atoms with Gasteiger partial charge >= 0.3 is 11.9 Å². The first-order valence-corrected chi connectivity index (χ1v) is 16.4. The second kappa shape index (κ2) is 12.9. The third kappa shape index (κ3) is 6.94. The summed E-state index contributed by atoms with van der Waals surface area (Å²) in [5, 5.41) is 6.02. The molecule has 0 fully saturated rings. The number of aryl methyl sites for hydroxylation is 2. The van der Waals surface area contributed by atoms with E-state index in [0.717, 1.165) is 45.2 Å². The molecular formula is C32H29F3N4O4S2. The average molecular weight is 655 g/mol. The molecule has 0 aliphatic carbocycles. The molecular weight excluding hydrogens is 626 g/mol. The van der Waals surface area contributed by atoms with Gasteiger partial charge in [-0.2, -0.15) is 17.9 Å². The van der Waals surface area contributed by atoms with E-state index in [1.165, 1.54) is 34.9 Å². The molecule has 2 aromatic heterocycles. The highest BCUT2D eigenvalue weighted by molar-refractivity contribution is 7.90. The maximum atomic E-state index is 13.7. The van der Waals surface area contributed by atoms with Crippen LogP contribution in [0.5, 0.6) is 0 Å². The Hall–Kier alpha value is -4.49. The number of sulfonamides is 1. The zero-order chi connectivity index (χ0) is 32.4. The fourth-order valence-corrected chi connectivity index (χ4v) is 6.66. The number of carbonyl (C=O) groups is 1. The van der Waals surface area contributed by atoms with Crippen molar-refractivity contribution in [3.05, 3.63) is 122 Å². The average Bonchev–Trinajstić information content (AvgIpc) is 3.58. The number of unbranched alkanes of at least 4 members (excludes halogenated alkanes) is 1. The molecule has 0 aliphatic heterocycles. The van der Waals surface area contributed by atoms with Gasteiger partial charge in [-0.3, -0.25) is 9.36 Å². The van der Waals surface area contributed by atoms with E-state index >= 15 is 0 Å². The first kappa shape index (κ1) is 31.9. The molecule has 234 valence electrons. The molecule has 2 heterocycles. The summed E-state index contributed by atoms with van der Waals surface area (Å²) in [6.45, 7) is 3.81. The Kier molecular flexibility index (Phi) is 9.12. The molecule has 0 saturated heterocycles. The van der Waals surface area contributed by atoms with Gasteiger partial charge in [0.05, 0.1) is 27.6 Å². The molecule has 0 saturated carbocycles. The lowest BCUT2D eigenvalue weighted by molar-refractivity contribution is -0.137. The van der Waals surface area contributed by atoms with Crippen LogP contribution in [0, 0.1) is 6.92 Å². The lowest BCUT2D eigenvalue weighted by Gasteiger charge is -2.11. The van der Waals surface area contributed by atoms with Crippen molar-refractivity contribution in [2.24, 2.45) is 0 Å². The van der Waals surface area contributed by atoms with Crippen molar-refractivity contribution in [1.82, 2.24) is 19.1 Å². The molecule has 0 spiro atoms. The molecule has 5 aromatic rings. The number of nitrogens with one attached hydrogen (secondary N) is 1. The van der Waals surface area contributed by atoms with E-state index in [1.54, 1.807) is 54.8 Å². The maximum absolute atomic E-state index is 13.7. The number of hydrogen-bond donors (Lipinski definition) is 1. The number of carbonyl (C=O) groups excluding carboxylic acids is 1. The molecule has 45 heavy (non-hydrogen) atoms. The van der Waals surface area contributed by atoms with Gasteiger partial charge in [-0.05, 0) is 71.3 Å². The van der Waals surface area contributed by atoms with E-state index in [0.29, 0.717) is 29.1 Å². The standard InChI is InChI=1S/C32H29F3N4O4S2/c1-3-4-9-28-36-39(27-8-6-5-7-26(27)32(33,34)35)31(41)38(28)20-22-10-12-23(13-11-22)24-14-16-25(17-15-24)45(42,43)37-30(40)29-21(2)18-19-44-29/h5-8,10-19H,3-4,9,20H2,1-2H3,(H,37,40). The van der Waals surface area contributed by atoms with Crippen LogP contribution in [-0.4, -0.2) is 28.7 Å². The molecule has 13 heteroatoms. The van der Waals surface area contributed by atoms with Crippen LogP contribution in [0.4, 0.5) is 13.2 Å². The number of nitrogens with zero attached hydrogens (tertiary/aromatic N) is 3. The van der Waals surface area contributed by atoms with Gasteiger partial charge in [0.2, 0.25) is 0 Å². The first-order chi connectivity index (χ1) is 21.4. The topological polar surface area (TPSA) is 103 Å². The number of alkyl halides is 3. The zero-order valence-corrected chi connectivity index (χ0v) is 26.0. The predicted octanol–water partition coefficient (Wildman–Crippen LogP) is 6.60. The number of hydrogen-bond acceptors (Lipinski definition) is 6. The SMILES string of the molecule is CCCCc1nn(-c2ccccc2C(F)(F)F)c(=O)n1Cc1ccc(-c2ccc(S(=O)(=O)NC(=O)c3sccc3C)cc2)cc1. The van der Waals surface area contributed by atoms with Crippen LogP contribution in [0.1, 0.15) is 52.0 Å². The molecule has 1 amide bonds. The van der Waals surface area contributed by atoms with E-state index in [4.69, 9.17) is 0 Å². The van der Waals surface area contributed by atoms with Crippen LogP contribution in [0.25, 0.3) is 16.8 Å². The lowest BCUT2D eigenvalue weighted by Crippen LogP contribution is -2.30. The van der Waals surface area contributed by atoms with Crippen LogP contribution >= 0.6 is 11.3 Å². The molecule has 8 nitrogen and oxygen atoms in total. The van der Waals surface area contributed by atoms with E-state index in [9.17, 15) is 31.2 Å². The van der Waals surface area contributed by atoms with Gasteiger partial charge in [-0.25, -0.2) is 17.9 Å². The van der Waals surface area contributed by atoms with E-state index < -0.39 is 33.4 Å². The summed E-state index contributed by atoms with van der Waals surface area (Å²) in [6, 6.07) is 19.9. The number of thiophene rings is 1. The smallest absolute Gasteiger partial charge is 0.274 e. The normalized spacial score (nSPS) is 11.9. The summed E-state index contributed by atoms with van der Waals surface area (Å²) < 4.78 is 71.0. The van der Waals surface area contributed by atoms with Gasteiger partial charge in [-0.15, -0.1) is 16.4 Å². The van der Waals surface area contributed by atoms with Gasteiger partial charge in [0, 0.05) is 6.42 Å². The lowest BCUT2D eigenvalue weighted by atomic mass is 10.0. The highest BCUT2D eigenvalue weighted by Gasteiger charge is 2.35. The van der Waals surface area contributed by atoms with Crippen molar-refractivity contribution in [2.45, 2.75) is 50.7 Å². The molecule has 5 rings (SSSR count). The number of halogens is 3. The second-order valence-corrected chi connectivity index (χ2v) is 13.0. The predicted molar refractivity (Wildman–Crippen MR) is 166 cm³/mol. The number of rotatable bonds is 10. The van der Waals surface area contributed by atoms with Gasteiger partial charge in [0.1, 0.15) is 5.82 Å². The van der Waals surface area contributed by atoms with E-state index in [1.807, 2.05) is 6.92 Å². The molecule has 1 N–H and O–H groups in total. The Labute approximate surface area is 261 Å². The largest absolute Gasteiger partial charge is 0.418 e. The minimum atomic E-state index is -4.65. The van der Waals surface area contributed by atoms with Crippen LogP contribution in [0.3, 0.4) is 0 Å². The monoisotopic (exact) mass is 654 g/mol. The van der Waals surface area contributed by atoms with Crippen molar-refractivity contribution < 1.29 is 26.4 Å².